The standard InChI is InChI=1S/C17H24N2O4/c1-17(2,3)23-16(21)19-10-14(11-19)9-15(20)18-22-12-13-7-5-4-6-8-13/h4-8,14H,9-12H2,1-3H3,(H,18,20). The first-order chi connectivity index (χ1) is 10.8. The number of rotatable bonds is 5. The molecule has 6 heteroatoms. The van der Waals surface area contributed by atoms with E-state index in [0.717, 1.165) is 5.56 Å². The molecule has 0 saturated carbocycles. The molecular formula is C17H24N2O4. The molecule has 1 heterocycles. The zero-order chi connectivity index (χ0) is 16.9. The smallest absolute Gasteiger partial charge is 0.410 e. The van der Waals surface area contributed by atoms with E-state index in [9.17, 15) is 9.59 Å². The number of benzene rings is 1. The summed E-state index contributed by atoms with van der Waals surface area (Å²) in [6.45, 7) is 6.92. The second-order valence-electron chi connectivity index (χ2n) is 6.75. The van der Waals surface area contributed by atoms with Crippen LogP contribution in [0.25, 0.3) is 0 Å². The number of ether oxygens (including phenoxy) is 1. The minimum atomic E-state index is -0.495. The van der Waals surface area contributed by atoms with Crippen molar-refractivity contribution in [3.63, 3.8) is 0 Å². The van der Waals surface area contributed by atoms with Crippen LogP contribution < -0.4 is 5.48 Å². The Labute approximate surface area is 136 Å². The second kappa shape index (κ2) is 7.46. The van der Waals surface area contributed by atoms with Gasteiger partial charge in [-0.1, -0.05) is 30.3 Å². The highest BCUT2D eigenvalue weighted by Gasteiger charge is 2.34. The summed E-state index contributed by atoms with van der Waals surface area (Å²) < 4.78 is 5.27. The predicted molar refractivity (Wildman–Crippen MR) is 85.3 cm³/mol. The normalized spacial score (nSPS) is 15.0. The number of carbonyl (C=O) groups excluding carboxylic acids is 2. The van der Waals surface area contributed by atoms with Crippen LogP contribution in [0.3, 0.4) is 0 Å². The highest BCUT2D eigenvalue weighted by atomic mass is 16.6. The molecule has 0 atom stereocenters. The summed E-state index contributed by atoms with van der Waals surface area (Å²) in [4.78, 5) is 30.3. The molecule has 1 fully saturated rings. The lowest BCUT2D eigenvalue weighted by Crippen LogP contribution is -2.52. The van der Waals surface area contributed by atoms with Crippen molar-refractivity contribution in [1.29, 1.82) is 0 Å². The van der Waals surface area contributed by atoms with Crippen LogP contribution in [0.2, 0.25) is 0 Å². The third kappa shape index (κ3) is 5.90. The number of likely N-dealkylation sites (tertiary alicyclic amines) is 1. The summed E-state index contributed by atoms with van der Waals surface area (Å²) in [5, 5.41) is 0. The van der Waals surface area contributed by atoms with Gasteiger partial charge in [0.25, 0.3) is 0 Å². The van der Waals surface area contributed by atoms with Crippen molar-refractivity contribution in [2.45, 2.75) is 39.4 Å². The maximum absolute atomic E-state index is 11.8. The summed E-state index contributed by atoms with van der Waals surface area (Å²) in [7, 11) is 0. The van der Waals surface area contributed by atoms with E-state index in [1.165, 1.54) is 0 Å². The van der Waals surface area contributed by atoms with Gasteiger partial charge in [-0.15, -0.1) is 0 Å². The van der Waals surface area contributed by atoms with Crippen LogP contribution in [0.4, 0.5) is 4.79 Å². The van der Waals surface area contributed by atoms with E-state index in [1.54, 1.807) is 4.90 Å². The molecule has 1 saturated heterocycles. The van der Waals surface area contributed by atoms with Gasteiger partial charge >= 0.3 is 6.09 Å². The molecule has 1 N–H and O–H groups in total. The molecule has 1 aliphatic rings. The number of hydroxylamine groups is 1. The molecule has 0 radical (unpaired) electrons. The predicted octanol–water partition coefficient (Wildman–Crippen LogP) is 2.49. The lowest BCUT2D eigenvalue weighted by atomic mass is 9.97. The molecule has 0 spiro atoms. The van der Waals surface area contributed by atoms with Crippen LogP contribution in [0.1, 0.15) is 32.8 Å². The van der Waals surface area contributed by atoms with Crippen molar-refractivity contribution in [2.75, 3.05) is 13.1 Å². The van der Waals surface area contributed by atoms with Gasteiger partial charge in [-0.3, -0.25) is 9.63 Å². The minimum absolute atomic E-state index is 0.155. The largest absolute Gasteiger partial charge is 0.444 e. The average Bonchev–Trinajstić information content (AvgIpc) is 2.41. The van der Waals surface area contributed by atoms with Gasteiger partial charge in [-0.05, 0) is 26.3 Å². The van der Waals surface area contributed by atoms with Crippen LogP contribution in [-0.2, 0) is 21.0 Å². The molecule has 0 aliphatic carbocycles. The zero-order valence-corrected chi connectivity index (χ0v) is 13.9. The number of nitrogens with one attached hydrogen (secondary N) is 1. The Hall–Kier alpha value is -2.08. The maximum atomic E-state index is 11.8. The molecule has 1 aromatic carbocycles. The Bertz CT molecular complexity index is 533. The first-order valence-electron chi connectivity index (χ1n) is 7.76. The van der Waals surface area contributed by atoms with Gasteiger partial charge in [0.05, 0.1) is 6.61 Å². The fraction of sp³-hybridized carbons (Fsp3) is 0.529. The van der Waals surface area contributed by atoms with E-state index >= 15 is 0 Å². The third-order valence-corrected chi connectivity index (χ3v) is 3.35. The van der Waals surface area contributed by atoms with Crippen molar-refractivity contribution in [3.05, 3.63) is 35.9 Å². The Kier molecular flexibility index (Phi) is 5.60. The number of hydrogen-bond acceptors (Lipinski definition) is 4. The van der Waals surface area contributed by atoms with E-state index in [1.807, 2.05) is 51.1 Å². The van der Waals surface area contributed by atoms with E-state index in [4.69, 9.17) is 9.57 Å². The van der Waals surface area contributed by atoms with Crippen LogP contribution in [0.5, 0.6) is 0 Å². The van der Waals surface area contributed by atoms with Gasteiger partial charge in [0, 0.05) is 25.4 Å². The molecule has 2 rings (SSSR count). The monoisotopic (exact) mass is 320 g/mol. The molecule has 23 heavy (non-hydrogen) atoms. The number of amides is 2. The first-order valence-corrected chi connectivity index (χ1v) is 7.76. The quantitative estimate of drug-likeness (QED) is 0.846. The maximum Gasteiger partial charge on any atom is 0.410 e. The molecule has 1 aliphatic heterocycles. The minimum Gasteiger partial charge on any atom is -0.444 e. The lowest BCUT2D eigenvalue weighted by molar-refractivity contribution is -0.136. The Morgan fingerprint density at radius 1 is 1.22 bits per heavy atom. The van der Waals surface area contributed by atoms with Crippen molar-refractivity contribution in [1.82, 2.24) is 10.4 Å². The van der Waals surface area contributed by atoms with Gasteiger partial charge in [0.15, 0.2) is 0 Å². The Morgan fingerprint density at radius 3 is 2.48 bits per heavy atom. The average molecular weight is 320 g/mol. The fourth-order valence-corrected chi connectivity index (χ4v) is 2.25. The van der Waals surface area contributed by atoms with E-state index in [-0.39, 0.29) is 17.9 Å². The fourth-order valence-electron chi connectivity index (χ4n) is 2.25. The molecule has 1 aromatic rings. The number of hydrogen-bond donors (Lipinski definition) is 1. The van der Waals surface area contributed by atoms with Gasteiger partial charge < -0.3 is 9.64 Å². The van der Waals surface area contributed by atoms with Crippen molar-refractivity contribution in [2.24, 2.45) is 5.92 Å². The number of nitrogens with zero attached hydrogens (tertiary/aromatic N) is 1. The molecule has 0 bridgehead atoms. The molecule has 126 valence electrons. The summed E-state index contributed by atoms with van der Waals surface area (Å²) in [6, 6.07) is 9.61. The van der Waals surface area contributed by atoms with Crippen LogP contribution in [0.15, 0.2) is 30.3 Å². The van der Waals surface area contributed by atoms with E-state index in [0.29, 0.717) is 26.1 Å². The summed E-state index contributed by atoms with van der Waals surface area (Å²) in [5.74, 6) is -0.0161. The van der Waals surface area contributed by atoms with Gasteiger partial charge in [-0.25, -0.2) is 10.3 Å². The van der Waals surface area contributed by atoms with E-state index < -0.39 is 5.60 Å². The highest BCUT2D eigenvalue weighted by molar-refractivity contribution is 5.76. The third-order valence-electron chi connectivity index (χ3n) is 3.35. The van der Waals surface area contributed by atoms with Gasteiger partial charge in [-0.2, -0.15) is 0 Å². The van der Waals surface area contributed by atoms with Gasteiger partial charge in [0.1, 0.15) is 5.60 Å². The van der Waals surface area contributed by atoms with Crippen LogP contribution in [-0.4, -0.2) is 35.6 Å². The first kappa shape index (κ1) is 17.3. The van der Waals surface area contributed by atoms with Gasteiger partial charge in [0.2, 0.25) is 5.91 Å². The second-order valence-corrected chi connectivity index (χ2v) is 6.75. The molecule has 0 aromatic heterocycles. The van der Waals surface area contributed by atoms with Crippen molar-refractivity contribution < 1.29 is 19.2 Å². The van der Waals surface area contributed by atoms with Crippen LogP contribution in [0, 0.1) is 5.92 Å². The molecule has 6 nitrogen and oxygen atoms in total. The molecule has 0 unspecified atom stereocenters. The van der Waals surface area contributed by atoms with E-state index in [2.05, 4.69) is 5.48 Å². The highest BCUT2D eigenvalue weighted by Crippen LogP contribution is 2.21. The molecular weight excluding hydrogens is 296 g/mol. The SMILES string of the molecule is CC(C)(C)OC(=O)N1CC(CC(=O)NOCc2ccccc2)C1. The summed E-state index contributed by atoms with van der Waals surface area (Å²) >= 11 is 0. The Balaban J connectivity index is 1.60. The number of carbonyl (C=O) groups is 2. The van der Waals surface area contributed by atoms with Crippen molar-refractivity contribution in [3.8, 4) is 0 Å². The Morgan fingerprint density at radius 2 is 1.87 bits per heavy atom. The molecule has 2 amide bonds. The lowest BCUT2D eigenvalue weighted by Gasteiger charge is -2.39. The summed E-state index contributed by atoms with van der Waals surface area (Å²) in [5.41, 5.74) is 2.94. The topological polar surface area (TPSA) is 67.9 Å². The van der Waals surface area contributed by atoms with Crippen LogP contribution >= 0.6 is 0 Å². The summed E-state index contributed by atoms with van der Waals surface area (Å²) in [6.07, 6.45) is 0.0168. The zero-order valence-electron chi connectivity index (χ0n) is 13.9. The van der Waals surface area contributed by atoms with Crippen molar-refractivity contribution >= 4 is 12.0 Å².